The highest BCUT2D eigenvalue weighted by molar-refractivity contribution is 14.0. The summed E-state index contributed by atoms with van der Waals surface area (Å²) in [5.41, 5.74) is 1.34. The molecule has 1 aromatic rings. The molecule has 1 aromatic carbocycles. The summed E-state index contributed by atoms with van der Waals surface area (Å²) in [5.74, 6) is 0.838. The third-order valence-corrected chi connectivity index (χ3v) is 2.85. The van der Waals surface area contributed by atoms with E-state index in [1.54, 1.807) is 7.05 Å². The SMILES string of the molecule is CN=C(NC)NCCCCOCCc1ccccc1.I. The van der Waals surface area contributed by atoms with Crippen LogP contribution in [0.25, 0.3) is 0 Å². The van der Waals surface area contributed by atoms with E-state index in [1.165, 1.54) is 5.56 Å². The molecule has 0 saturated heterocycles. The second kappa shape index (κ2) is 13.2. The fourth-order valence-electron chi connectivity index (χ4n) is 1.75. The average molecular weight is 391 g/mol. The summed E-state index contributed by atoms with van der Waals surface area (Å²) in [6.45, 7) is 2.55. The Balaban J connectivity index is 0.00000361. The van der Waals surface area contributed by atoms with Gasteiger partial charge < -0.3 is 15.4 Å². The monoisotopic (exact) mass is 391 g/mol. The first-order valence-corrected chi connectivity index (χ1v) is 6.87. The molecule has 2 N–H and O–H groups in total. The van der Waals surface area contributed by atoms with E-state index in [4.69, 9.17) is 4.74 Å². The van der Waals surface area contributed by atoms with Crippen molar-refractivity contribution < 1.29 is 4.74 Å². The predicted octanol–water partition coefficient (Wildman–Crippen LogP) is 2.44. The minimum atomic E-state index is 0. The van der Waals surface area contributed by atoms with Gasteiger partial charge in [0.1, 0.15) is 0 Å². The van der Waals surface area contributed by atoms with Crippen LogP contribution in [0.4, 0.5) is 0 Å². The summed E-state index contributed by atoms with van der Waals surface area (Å²) in [4.78, 5) is 4.05. The smallest absolute Gasteiger partial charge is 0.190 e. The van der Waals surface area contributed by atoms with E-state index in [2.05, 4.69) is 39.9 Å². The number of benzene rings is 1. The maximum atomic E-state index is 5.62. The molecule has 0 amide bonds. The highest BCUT2D eigenvalue weighted by Gasteiger charge is 1.94. The van der Waals surface area contributed by atoms with Crippen LogP contribution >= 0.6 is 24.0 Å². The van der Waals surface area contributed by atoms with Gasteiger partial charge in [0.2, 0.25) is 0 Å². The number of guanidine groups is 1. The fourth-order valence-corrected chi connectivity index (χ4v) is 1.75. The third kappa shape index (κ3) is 9.14. The number of hydrogen-bond donors (Lipinski definition) is 2. The Bertz CT molecular complexity index is 357. The van der Waals surface area contributed by atoms with Gasteiger partial charge in [-0.15, -0.1) is 24.0 Å². The standard InChI is InChI=1S/C15H25N3O.HI/c1-16-15(17-2)18-11-6-7-12-19-13-10-14-8-4-3-5-9-14;/h3-5,8-9H,6-7,10-13H2,1-2H3,(H2,16,17,18);1H. The summed E-state index contributed by atoms with van der Waals surface area (Å²) >= 11 is 0. The largest absolute Gasteiger partial charge is 0.381 e. The first-order valence-electron chi connectivity index (χ1n) is 6.87. The lowest BCUT2D eigenvalue weighted by Crippen LogP contribution is -2.35. The Morgan fingerprint density at radius 3 is 2.55 bits per heavy atom. The topological polar surface area (TPSA) is 45.7 Å². The Labute approximate surface area is 139 Å². The Morgan fingerprint density at radius 2 is 1.90 bits per heavy atom. The molecule has 0 spiro atoms. The number of unbranched alkanes of at least 4 members (excludes halogenated alkanes) is 1. The summed E-state index contributed by atoms with van der Waals surface area (Å²) in [6, 6.07) is 10.4. The lowest BCUT2D eigenvalue weighted by molar-refractivity contribution is 0.133. The molecule has 0 aliphatic heterocycles. The van der Waals surface area contributed by atoms with Gasteiger partial charge in [-0.05, 0) is 24.8 Å². The second-order valence-corrected chi connectivity index (χ2v) is 4.30. The van der Waals surface area contributed by atoms with E-state index in [1.807, 2.05) is 13.1 Å². The van der Waals surface area contributed by atoms with Gasteiger partial charge in [-0.1, -0.05) is 30.3 Å². The zero-order chi connectivity index (χ0) is 13.8. The number of hydrogen-bond acceptors (Lipinski definition) is 2. The molecular formula is C15H26IN3O. The first kappa shape index (κ1) is 19.2. The van der Waals surface area contributed by atoms with E-state index < -0.39 is 0 Å². The van der Waals surface area contributed by atoms with Crippen molar-refractivity contribution in [3.05, 3.63) is 35.9 Å². The van der Waals surface area contributed by atoms with Gasteiger partial charge in [-0.3, -0.25) is 4.99 Å². The quantitative estimate of drug-likeness (QED) is 0.310. The molecule has 4 nitrogen and oxygen atoms in total. The van der Waals surface area contributed by atoms with Gasteiger partial charge in [-0.2, -0.15) is 0 Å². The van der Waals surface area contributed by atoms with E-state index in [-0.39, 0.29) is 24.0 Å². The molecule has 0 bridgehead atoms. The normalized spacial score (nSPS) is 10.8. The molecule has 0 saturated carbocycles. The predicted molar refractivity (Wildman–Crippen MR) is 96.0 cm³/mol. The highest BCUT2D eigenvalue weighted by atomic mass is 127. The van der Waals surface area contributed by atoms with E-state index >= 15 is 0 Å². The minimum absolute atomic E-state index is 0. The van der Waals surface area contributed by atoms with Crippen LogP contribution in [0.15, 0.2) is 35.3 Å². The third-order valence-electron chi connectivity index (χ3n) is 2.85. The molecule has 0 heterocycles. The number of rotatable bonds is 8. The van der Waals surface area contributed by atoms with Crippen LogP contribution in [-0.4, -0.2) is 39.8 Å². The summed E-state index contributed by atoms with van der Waals surface area (Å²) in [7, 11) is 3.63. The number of ether oxygens (including phenoxy) is 1. The highest BCUT2D eigenvalue weighted by Crippen LogP contribution is 2.00. The molecule has 20 heavy (non-hydrogen) atoms. The molecule has 0 aliphatic rings. The van der Waals surface area contributed by atoms with Gasteiger partial charge >= 0.3 is 0 Å². The van der Waals surface area contributed by atoms with Crippen molar-refractivity contribution in [1.82, 2.24) is 10.6 Å². The minimum Gasteiger partial charge on any atom is -0.381 e. The van der Waals surface area contributed by atoms with Crippen molar-refractivity contribution >= 4 is 29.9 Å². The van der Waals surface area contributed by atoms with Gasteiger partial charge in [0, 0.05) is 27.2 Å². The van der Waals surface area contributed by atoms with Crippen LogP contribution in [0.5, 0.6) is 0 Å². The van der Waals surface area contributed by atoms with Crippen molar-refractivity contribution in [1.29, 1.82) is 0 Å². The van der Waals surface area contributed by atoms with Crippen molar-refractivity contribution in [2.45, 2.75) is 19.3 Å². The van der Waals surface area contributed by atoms with Crippen molar-refractivity contribution in [2.24, 2.45) is 4.99 Å². The number of nitrogens with zero attached hydrogens (tertiary/aromatic N) is 1. The molecule has 114 valence electrons. The number of halogens is 1. The van der Waals surface area contributed by atoms with Crippen molar-refractivity contribution in [2.75, 3.05) is 33.9 Å². The van der Waals surface area contributed by atoms with E-state index in [0.717, 1.165) is 45.0 Å². The maximum absolute atomic E-state index is 5.62. The zero-order valence-corrected chi connectivity index (χ0v) is 14.7. The van der Waals surface area contributed by atoms with Crippen LogP contribution in [0, 0.1) is 0 Å². The molecule has 0 aliphatic carbocycles. The summed E-state index contributed by atoms with van der Waals surface area (Å²) in [5, 5.41) is 6.21. The lowest BCUT2D eigenvalue weighted by Gasteiger charge is -2.08. The van der Waals surface area contributed by atoms with Gasteiger partial charge in [0.25, 0.3) is 0 Å². The summed E-state index contributed by atoms with van der Waals surface area (Å²) < 4.78 is 5.62. The Morgan fingerprint density at radius 1 is 1.15 bits per heavy atom. The second-order valence-electron chi connectivity index (χ2n) is 4.30. The van der Waals surface area contributed by atoms with Crippen LogP contribution in [-0.2, 0) is 11.2 Å². The van der Waals surface area contributed by atoms with Crippen LogP contribution in [0.2, 0.25) is 0 Å². The zero-order valence-electron chi connectivity index (χ0n) is 12.4. The fraction of sp³-hybridized carbons (Fsp3) is 0.533. The van der Waals surface area contributed by atoms with Gasteiger partial charge in [-0.25, -0.2) is 0 Å². The molecule has 0 unspecified atom stereocenters. The molecule has 0 radical (unpaired) electrons. The van der Waals surface area contributed by atoms with Crippen molar-refractivity contribution in [3.8, 4) is 0 Å². The van der Waals surface area contributed by atoms with Crippen LogP contribution in [0.3, 0.4) is 0 Å². The van der Waals surface area contributed by atoms with Crippen molar-refractivity contribution in [3.63, 3.8) is 0 Å². The first-order chi connectivity index (χ1) is 9.36. The molecule has 0 fully saturated rings. The number of nitrogens with one attached hydrogen (secondary N) is 2. The lowest BCUT2D eigenvalue weighted by atomic mass is 10.2. The van der Waals surface area contributed by atoms with Crippen LogP contribution in [0.1, 0.15) is 18.4 Å². The molecule has 5 heteroatoms. The Kier molecular flexibility index (Phi) is 12.6. The van der Waals surface area contributed by atoms with E-state index in [9.17, 15) is 0 Å². The Hall–Kier alpha value is -0.820. The number of aliphatic imine (C=N–C) groups is 1. The maximum Gasteiger partial charge on any atom is 0.190 e. The van der Waals surface area contributed by atoms with Gasteiger partial charge in [0.15, 0.2) is 5.96 Å². The van der Waals surface area contributed by atoms with Crippen LogP contribution < -0.4 is 10.6 Å². The van der Waals surface area contributed by atoms with Gasteiger partial charge in [0.05, 0.1) is 6.61 Å². The molecule has 1 rings (SSSR count). The van der Waals surface area contributed by atoms with E-state index in [0.29, 0.717) is 0 Å². The summed E-state index contributed by atoms with van der Waals surface area (Å²) in [6.07, 6.45) is 3.15. The molecular weight excluding hydrogens is 365 g/mol. The molecule has 0 aromatic heterocycles. The molecule has 0 atom stereocenters. The average Bonchev–Trinajstić information content (AvgIpc) is 2.47.